The van der Waals surface area contributed by atoms with Gasteiger partial charge < -0.3 is 9.84 Å². The molecule has 1 amide bonds. The summed E-state index contributed by atoms with van der Waals surface area (Å²) in [5, 5.41) is 20.8. The van der Waals surface area contributed by atoms with E-state index in [0.29, 0.717) is 28.1 Å². The van der Waals surface area contributed by atoms with E-state index in [1.165, 1.54) is 12.0 Å². The minimum Gasteiger partial charge on any atom is -0.507 e. The third-order valence-corrected chi connectivity index (χ3v) is 6.51. The molecule has 36 heavy (non-hydrogen) atoms. The molecule has 3 aromatic rings. The van der Waals surface area contributed by atoms with Crippen molar-refractivity contribution in [2.24, 2.45) is 0 Å². The molecular weight excluding hydrogens is 452 g/mol. The fraction of sp³-hybridized carbons (Fsp3) is 0.233. The number of para-hydroxylation sites is 1. The Labute approximate surface area is 211 Å². The van der Waals surface area contributed by atoms with Crippen molar-refractivity contribution in [1.29, 1.82) is 5.26 Å². The third-order valence-electron chi connectivity index (χ3n) is 6.51. The van der Waals surface area contributed by atoms with Crippen LogP contribution in [0.3, 0.4) is 0 Å². The maximum atomic E-state index is 13.5. The zero-order chi connectivity index (χ0) is 26.2. The number of methoxy groups -OCH3 is 1. The maximum Gasteiger partial charge on any atom is 0.300 e. The molecular formula is C30H28N2O4. The first kappa shape index (κ1) is 24.7. The predicted molar refractivity (Wildman–Crippen MR) is 139 cm³/mol. The number of rotatable bonds is 4. The van der Waals surface area contributed by atoms with Crippen LogP contribution in [-0.2, 0) is 15.0 Å². The average Bonchev–Trinajstić information content (AvgIpc) is 3.13. The summed E-state index contributed by atoms with van der Waals surface area (Å²) < 4.78 is 5.57. The second-order valence-electron chi connectivity index (χ2n) is 9.85. The number of benzene rings is 3. The van der Waals surface area contributed by atoms with E-state index in [9.17, 15) is 20.0 Å². The minimum absolute atomic E-state index is 0.0111. The van der Waals surface area contributed by atoms with Crippen molar-refractivity contribution >= 4 is 23.1 Å². The predicted octanol–water partition coefficient (Wildman–Crippen LogP) is 5.80. The van der Waals surface area contributed by atoms with Crippen LogP contribution in [0.5, 0.6) is 5.75 Å². The molecule has 3 aromatic carbocycles. The van der Waals surface area contributed by atoms with Crippen molar-refractivity contribution in [3.05, 3.63) is 100 Å². The summed E-state index contributed by atoms with van der Waals surface area (Å²) in [7, 11) is 1.52. The van der Waals surface area contributed by atoms with Gasteiger partial charge in [-0.05, 0) is 59.9 Å². The van der Waals surface area contributed by atoms with Gasteiger partial charge >= 0.3 is 0 Å². The van der Waals surface area contributed by atoms with Gasteiger partial charge in [-0.15, -0.1) is 0 Å². The number of ketones is 1. The molecule has 0 spiro atoms. The molecule has 182 valence electrons. The lowest BCUT2D eigenvalue weighted by Gasteiger charge is -2.27. The Morgan fingerprint density at radius 3 is 2.31 bits per heavy atom. The van der Waals surface area contributed by atoms with Crippen LogP contribution in [0, 0.1) is 18.3 Å². The van der Waals surface area contributed by atoms with E-state index < -0.39 is 17.7 Å². The quantitative estimate of drug-likeness (QED) is 0.290. The number of hydrogen-bond donors (Lipinski definition) is 1. The van der Waals surface area contributed by atoms with Gasteiger partial charge in [0.1, 0.15) is 11.5 Å². The Morgan fingerprint density at radius 1 is 1.03 bits per heavy atom. The number of aryl methyl sites for hydroxylation is 1. The second kappa shape index (κ2) is 9.35. The van der Waals surface area contributed by atoms with Crippen LogP contribution < -0.4 is 9.64 Å². The minimum atomic E-state index is -0.924. The number of hydrogen-bond acceptors (Lipinski definition) is 5. The number of anilines is 1. The highest BCUT2D eigenvalue weighted by atomic mass is 16.5. The van der Waals surface area contributed by atoms with E-state index in [0.717, 1.165) is 11.1 Å². The van der Waals surface area contributed by atoms with Crippen molar-refractivity contribution < 1.29 is 19.4 Å². The van der Waals surface area contributed by atoms with Gasteiger partial charge in [0, 0.05) is 16.8 Å². The first-order valence-corrected chi connectivity index (χ1v) is 11.6. The number of aliphatic hydroxyl groups excluding tert-OH is 1. The molecule has 1 fully saturated rings. The van der Waals surface area contributed by atoms with Gasteiger partial charge in [0.05, 0.1) is 30.4 Å². The van der Waals surface area contributed by atoms with E-state index in [4.69, 9.17) is 4.74 Å². The van der Waals surface area contributed by atoms with E-state index in [2.05, 4.69) is 26.8 Å². The topological polar surface area (TPSA) is 90.6 Å². The summed E-state index contributed by atoms with van der Waals surface area (Å²) in [6.45, 7) is 8.07. The van der Waals surface area contributed by atoms with E-state index >= 15 is 0 Å². The fourth-order valence-corrected chi connectivity index (χ4v) is 4.47. The first-order valence-electron chi connectivity index (χ1n) is 11.6. The summed E-state index contributed by atoms with van der Waals surface area (Å²) in [5.41, 5.74) is 3.51. The molecule has 6 heteroatoms. The highest BCUT2D eigenvalue weighted by molar-refractivity contribution is 6.51. The highest BCUT2D eigenvalue weighted by Gasteiger charge is 2.48. The molecule has 1 unspecified atom stereocenters. The van der Waals surface area contributed by atoms with E-state index in [1.807, 2.05) is 25.1 Å². The van der Waals surface area contributed by atoms with Crippen molar-refractivity contribution in [2.75, 3.05) is 12.0 Å². The summed E-state index contributed by atoms with van der Waals surface area (Å²) in [6.07, 6.45) is 0. The smallest absolute Gasteiger partial charge is 0.300 e. The van der Waals surface area contributed by atoms with Gasteiger partial charge in [-0.3, -0.25) is 14.5 Å². The molecule has 4 rings (SSSR count). The SMILES string of the molecule is COc1ccccc1C1/C(=C(\O)c2cc(C(C)(C)C)ccc2C)C(=O)C(=O)N1c1ccc(C#N)cc1. The molecule has 0 radical (unpaired) electrons. The third kappa shape index (κ3) is 4.25. The number of nitriles is 1. The first-order chi connectivity index (χ1) is 17.1. The summed E-state index contributed by atoms with van der Waals surface area (Å²) >= 11 is 0. The molecule has 1 heterocycles. The van der Waals surface area contributed by atoms with E-state index in [-0.39, 0.29) is 16.7 Å². The lowest BCUT2D eigenvalue weighted by molar-refractivity contribution is -0.132. The van der Waals surface area contributed by atoms with Gasteiger partial charge in [0.15, 0.2) is 0 Å². The van der Waals surface area contributed by atoms with Crippen molar-refractivity contribution in [3.8, 4) is 11.8 Å². The molecule has 0 aromatic heterocycles. The molecule has 1 saturated heterocycles. The molecule has 0 aliphatic carbocycles. The number of ether oxygens (including phenoxy) is 1. The Kier molecular flexibility index (Phi) is 6.43. The Morgan fingerprint density at radius 2 is 1.69 bits per heavy atom. The average molecular weight is 481 g/mol. The second-order valence-corrected chi connectivity index (χ2v) is 9.85. The summed E-state index contributed by atoms with van der Waals surface area (Å²) in [5.74, 6) is -1.30. The Hall–Kier alpha value is -4.37. The van der Waals surface area contributed by atoms with Crippen LogP contribution >= 0.6 is 0 Å². The normalized spacial score (nSPS) is 17.2. The molecule has 6 nitrogen and oxygen atoms in total. The summed E-state index contributed by atoms with van der Waals surface area (Å²) in [4.78, 5) is 28.3. The largest absolute Gasteiger partial charge is 0.507 e. The van der Waals surface area contributed by atoms with Crippen LogP contribution in [0.1, 0.15) is 54.6 Å². The van der Waals surface area contributed by atoms with Gasteiger partial charge in [-0.1, -0.05) is 51.1 Å². The van der Waals surface area contributed by atoms with Crippen molar-refractivity contribution in [2.45, 2.75) is 39.2 Å². The Balaban J connectivity index is 2.01. The number of Topliss-reactive ketones (excluding diaryl/α,β-unsaturated/α-hetero) is 1. The molecule has 1 aliphatic rings. The zero-order valence-corrected chi connectivity index (χ0v) is 21.0. The van der Waals surface area contributed by atoms with E-state index in [1.54, 1.807) is 48.5 Å². The number of nitrogens with zero attached hydrogens (tertiary/aromatic N) is 2. The number of amides is 1. The lowest BCUT2D eigenvalue weighted by Crippen LogP contribution is -2.29. The van der Waals surface area contributed by atoms with Gasteiger partial charge in [-0.25, -0.2) is 0 Å². The summed E-state index contributed by atoms with van der Waals surface area (Å²) in [6, 6.07) is 20.5. The standard InChI is InChI=1S/C30H28N2O4/c1-18-10-13-20(30(2,3)4)16-23(18)27(33)25-26(22-8-6-7-9-24(22)36-5)32(29(35)28(25)34)21-14-11-19(17-31)12-15-21/h6-16,26,33H,1-5H3/b27-25+. The number of carbonyl (C=O) groups is 2. The molecule has 1 atom stereocenters. The Bertz CT molecular complexity index is 1420. The molecule has 0 bridgehead atoms. The zero-order valence-electron chi connectivity index (χ0n) is 21.0. The maximum absolute atomic E-state index is 13.5. The molecule has 0 saturated carbocycles. The van der Waals surface area contributed by atoms with Crippen molar-refractivity contribution in [1.82, 2.24) is 0 Å². The van der Waals surface area contributed by atoms with Gasteiger partial charge in [0.25, 0.3) is 11.7 Å². The molecule has 1 aliphatic heterocycles. The molecule has 1 N–H and O–H groups in total. The monoisotopic (exact) mass is 480 g/mol. The van der Waals surface area contributed by atoms with Crippen LogP contribution in [0.4, 0.5) is 5.69 Å². The van der Waals surface area contributed by atoms with Crippen LogP contribution in [0.25, 0.3) is 5.76 Å². The van der Waals surface area contributed by atoms with Crippen LogP contribution in [0.15, 0.2) is 72.3 Å². The van der Waals surface area contributed by atoms with Crippen molar-refractivity contribution in [3.63, 3.8) is 0 Å². The number of carbonyl (C=O) groups excluding carboxylic acids is 2. The fourth-order valence-electron chi connectivity index (χ4n) is 4.47. The lowest BCUT2D eigenvalue weighted by atomic mass is 9.84. The number of aliphatic hydroxyl groups is 1. The van der Waals surface area contributed by atoms with Crippen LogP contribution in [0.2, 0.25) is 0 Å². The van der Waals surface area contributed by atoms with Gasteiger partial charge in [-0.2, -0.15) is 5.26 Å². The van der Waals surface area contributed by atoms with Gasteiger partial charge in [0.2, 0.25) is 0 Å². The van der Waals surface area contributed by atoms with Crippen LogP contribution in [-0.4, -0.2) is 23.9 Å². The highest BCUT2D eigenvalue weighted by Crippen LogP contribution is 2.45.